The minimum atomic E-state index is 1.06. The Bertz CT molecular complexity index is 169. The first-order valence-corrected chi connectivity index (χ1v) is 4.06. The maximum absolute atomic E-state index is 4.14. The van der Waals surface area contributed by atoms with Crippen LogP contribution >= 0.6 is 0 Å². The van der Waals surface area contributed by atoms with E-state index in [0.717, 1.165) is 18.8 Å². The third-order valence-electron chi connectivity index (χ3n) is 1.65. The maximum atomic E-state index is 4.14. The van der Waals surface area contributed by atoms with Crippen molar-refractivity contribution in [3.8, 4) is 0 Å². The molecular weight excluding hydrogens is 138 g/mol. The van der Waals surface area contributed by atoms with Crippen molar-refractivity contribution >= 4 is 0 Å². The summed E-state index contributed by atoms with van der Waals surface area (Å²) in [5, 5.41) is 3.12. The fraction of sp³-hybridized carbons (Fsp3) is 0.625. The molecule has 1 aromatic rings. The summed E-state index contributed by atoms with van der Waals surface area (Å²) in [5.41, 5.74) is 0. The Labute approximate surface area is 67.2 Å². The van der Waals surface area contributed by atoms with Crippen LogP contribution < -0.4 is 5.32 Å². The highest BCUT2D eigenvalue weighted by atomic mass is 14.9. The van der Waals surface area contributed by atoms with E-state index in [2.05, 4.69) is 15.3 Å². The molecule has 0 atom stereocenters. The Kier molecular flexibility index (Phi) is 3.69. The van der Waals surface area contributed by atoms with Crippen molar-refractivity contribution in [3.63, 3.8) is 0 Å². The minimum Gasteiger partial charge on any atom is -0.349 e. The van der Waals surface area contributed by atoms with Crippen LogP contribution in [0.15, 0.2) is 12.4 Å². The van der Waals surface area contributed by atoms with Crippen LogP contribution in [-0.4, -0.2) is 23.6 Å². The number of imidazole rings is 1. The van der Waals surface area contributed by atoms with Gasteiger partial charge in [-0.1, -0.05) is 0 Å². The highest BCUT2D eigenvalue weighted by molar-refractivity contribution is 4.86. The number of nitrogens with zero attached hydrogens (tertiary/aromatic N) is 1. The lowest BCUT2D eigenvalue weighted by molar-refractivity contribution is 0.665. The van der Waals surface area contributed by atoms with Crippen LogP contribution in [0.1, 0.15) is 18.7 Å². The van der Waals surface area contributed by atoms with Gasteiger partial charge in [-0.15, -0.1) is 0 Å². The molecule has 0 unspecified atom stereocenters. The Hall–Kier alpha value is -0.830. The first kappa shape index (κ1) is 8.27. The van der Waals surface area contributed by atoms with Crippen molar-refractivity contribution in [3.05, 3.63) is 18.2 Å². The number of aromatic nitrogens is 2. The van der Waals surface area contributed by atoms with E-state index in [9.17, 15) is 0 Å². The number of H-pyrrole nitrogens is 1. The van der Waals surface area contributed by atoms with Crippen LogP contribution in [0.2, 0.25) is 0 Å². The monoisotopic (exact) mass is 153 g/mol. The molecule has 0 fully saturated rings. The van der Waals surface area contributed by atoms with E-state index in [4.69, 9.17) is 0 Å². The van der Waals surface area contributed by atoms with Gasteiger partial charge in [0.25, 0.3) is 0 Å². The lowest BCUT2D eigenvalue weighted by atomic mass is 10.2. The van der Waals surface area contributed by atoms with Gasteiger partial charge in [0.15, 0.2) is 0 Å². The van der Waals surface area contributed by atoms with Crippen molar-refractivity contribution < 1.29 is 0 Å². The maximum Gasteiger partial charge on any atom is 0.105 e. The smallest absolute Gasteiger partial charge is 0.105 e. The molecule has 0 aliphatic heterocycles. The van der Waals surface area contributed by atoms with Gasteiger partial charge in [0.1, 0.15) is 5.82 Å². The number of hydrogen-bond donors (Lipinski definition) is 2. The summed E-state index contributed by atoms with van der Waals surface area (Å²) in [5.74, 6) is 1.10. The van der Waals surface area contributed by atoms with E-state index in [1.807, 2.05) is 13.2 Å². The van der Waals surface area contributed by atoms with Gasteiger partial charge < -0.3 is 10.3 Å². The molecule has 0 aliphatic rings. The average Bonchev–Trinajstić information content (AvgIpc) is 2.50. The van der Waals surface area contributed by atoms with Gasteiger partial charge in [-0.3, -0.25) is 0 Å². The number of hydrogen-bond acceptors (Lipinski definition) is 2. The molecular formula is C8H15N3. The summed E-state index contributed by atoms with van der Waals surface area (Å²) in [6.07, 6.45) is 7.15. The molecule has 0 bridgehead atoms. The Morgan fingerprint density at radius 2 is 2.45 bits per heavy atom. The van der Waals surface area contributed by atoms with Crippen molar-refractivity contribution in [2.75, 3.05) is 13.6 Å². The molecule has 0 saturated carbocycles. The predicted molar refractivity (Wildman–Crippen MR) is 45.5 cm³/mol. The average molecular weight is 153 g/mol. The third-order valence-corrected chi connectivity index (χ3v) is 1.65. The number of unbranched alkanes of at least 4 members (excludes halogenated alkanes) is 1. The fourth-order valence-corrected chi connectivity index (χ4v) is 1.03. The second kappa shape index (κ2) is 4.91. The Morgan fingerprint density at radius 1 is 1.55 bits per heavy atom. The molecule has 0 saturated heterocycles. The van der Waals surface area contributed by atoms with Crippen LogP contribution in [-0.2, 0) is 6.42 Å². The summed E-state index contributed by atoms with van der Waals surface area (Å²) in [4.78, 5) is 7.22. The van der Waals surface area contributed by atoms with Crippen LogP contribution in [0.3, 0.4) is 0 Å². The molecule has 3 heteroatoms. The Morgan fingerprint density at radius 3 is 3.09 bits per heavy atom. The zero-order valence-corrected chi connectivity index (χ0v) is 6.93. The van der Waals surface area contributed by atoms with Gasteiger partial charge in [-0.05, 0) is 26.4 Å². The van der Waals surface area contributed by atoms with Crippen LogP contribution in [0.25, 0.3) is 0 Å². The van der Waals surface area contributed by atoms with Crippen LogP contribution in [0.4, 0.5) is 0 Å². The van der Waals surface area contributed by atoms with Gasteiger partial charge in [-0.2, -0.15) is 0 Å². The molecule has 1 heterocycles. The highest BCUT2D eigenvalue weighted by Gasteiger charge is 1.92. The second-order valence-electron chi connectivity index (χ2n) is 2.60. The van der Waals surface area contributed by atoms with Crippen molar-refractivity contribution in [1.82, 2.24) is 15.3 Å². The van der Waals surface area contributed by atoms with E-state index in [1.165, 1.54) is 12.8 Å². The third kappa shape index (κ3) is 3.18. The lowest BCUT2D eigenvalue weighted by Crippen LogP contribution is -2.07. The largest absolute Gasteiger partial charge is 0.349 e. The standard InChI is InChI=1S/C8H15N3/c1-9-5-3-2-4-8-10-6-7-11-8/h6-7,9H,2-5H2,1H3,(H,10,11). The van der Waals surface area contributed by atoms with E-state index >= 15 is 0 Å². The number of nitrogens with one attached hydrogen (secondary N) is 2. The first-order chi connectivity index (χ1) is 5.43. The summed E-state index contributed by atoms with van der Waals surface area (Å²) >= 11 is 0. The number of aromatic amines is 1. The first-order valence-electron chi connectivity index (χ1n) is 4.06. The lowest BCUT2D eigenvalue weighted by Gasteiger charge is -1.96. The summed E-state index contributed by atoms with van der Waals surface area (Å²) in [7, 11) is 1.98. The minimum absolute atomic E-state index is 1.06. The number of aryl methyl sites for hydroxylation is 1. The number of rotatable bonds is 5. The summed E-state index contributed by atoms with van der Waals surface area (Å²) in [6, 6.07) is 0. The van der Waals surface area contributed by atoms with Crippen molar-refractivity contribution in [2.24, 2.45) is 0 Å². The van der Waals surface area contributed by atoms with E-state index < -0.39 is 0 Å². The van der Waals surface area contributed by atoms with Crippen LogP contribution in [0.5, 0.6) is 0 Å². The quantitative estimate of drug-likeness (QED) is 0.618. The SMILES string of the molecule is CNCCCCc1ncc[nH]1. The van der Waals surface area contributed by atoms with Gasteiger partial charge in [-0.25, -0.2) is 4.98 Å². The van der Waals surface area contributed by atoms with Crippen molar-refractivity contribution in [1.29, 1.82) is 0 Å². The van der Waals surface area contributed by atoms with E-state index in [1.54, 1.807) is 6.20 Å². The summed E-state index contributed by atoms with van der Waals surface area (Å²) in [6.45, 7) is 1.10. The van der Waals surface area contributed by atoms with Gasteiger partial charge in [0.2, 0.25) is 0 Å². The molecule has 0 aromatic carbocycles. The highest BCUT2D eigenvalue weighted by Crippen LogP contribution is 1.96. The van der Waals surface area contributed by atoms with Crippen LogP contribution in [0, 0.1) is 0 Å². The molecule has 0 aliphatic carbocycles. The van der Waals surface area contributed by atoms with E-state index in [0.29, 0.717) is 0 Å². The van der Waals surface area contributed by atoms with Gasteiger partial charge in [0.05, 0.1) is 0 Å². The topological polar surface area (TPSA) is 40.7 Å². The normalized spacial score (nSPS) is 10.3. The molecule has 62 valence electrons. The molecule has 0 radical (unpaired) electrons. The molecule has 2 N–H and O–H groups in total. The fourth-order valence-electron chi connectivity index (χ4n) is 1.03. The molecule has 0 spiro atoms. The molecule has 1 rings (SSSR count). The van der Waals surface area contributed by atoms with E-state index in [-0.39, 0.29) is 0 Å². The molecule has 3 nitrogen and oxygen atoms in total. The molecule has 0 amide bonds. The van der Waals surface area contributed by atoms with Crippen molar-refractivity contribution in [2.45, 2.75) is 19.3 Å². The molecule has 11 heavy (non-hydrogen) atoms. The zero-order valence-electron chi connectivity index (χ0n) is 6.93. The Balaban J connectivity index is 2.04. The molecule has 1 aromatic heterocycles. The predicted octanol–water partition coefficient (Wildman–Crippen LogP) is 0.952. The summed E-state index contributed by atoms with van der Waals surface area (Å²) < 4.78 is 0. The second-order valence-corrected chi connectivity index (χ2v) is 2.60. The zero-order chi connectivity index (χ0) is 7.94. The van der Waals surface area contributed by atoms with Gasteiger partial charge in [0, 0.05) is 18.8 Å². The van der Waals surface area contributed by atoms with Gasteiger partial charge >= 0.3 is 0 Å².